The predicted molar refractivity (Wildman–Crippen MR) is 44.2 cm³/mol. The van der Waals surface area contributed by atoms with E-state index < -0.39 is 0 Å². The Morgan fingerprint density at radius 2 is 2.58 bits per heavy atom. The fourth-order valence-electron chi connectivity index (χ4n) is 1.48. The molecule has 1 aromatic heterocycles. The Bertz CT molecular complexity index is 275. The molecule has 1 aliphatic heterocycles. The van der Waals surface area contributed by atoms with Crippen LogP contribution in [-0.2, 0) is 0 Å². The van der Waals surface area contributed by atoms with Crippen LogP contribution in [-0.4, -0.2) is 23.3 Å². The van der Waals surface area contributed by atoms with Gasteiger partial charge in [0.15, 0.2) is 0 Å². The van der Waals surface area contributed by atoms with E-state index in [1.165, 1.54) is 0 Å². The summed E-state index contributed by atoms with van der Waals surface area (Å²) in [7, 11) is 0. The lowest BCUT2D eigenvalue weighted by atomic mass is 9.96. The van der Waals surface area contributed by atoms with E-state index in [0.717, 1.165) is 12.0 Å². The molecule has 0 amide bonds. The maximum Gasteiger partial charge on any atom is 0.216 e. The molecule has 1 atom stereocenters. The lowest BCUT2D eigenvalue weighted by Gasteiger charge is -2.22. The Hall–Kier alpha value is -1.09. The van der Waals surface area contributed by atoms with E-state index in [2.05, 4.69) is 4.98 Å². The lowest BCUT2D eigenvalue weighted by molar-refractivity contribution is 0.200. The molecule has 12 heavy (non-hydrogen) atoms. The van der Waals surface area contributed by atoms with Crippen LogP contribution >= 0.6 is 0 Å². The van der Waals surface area contributed by atoms with Gasteiger partial charge in [-0.1, -0.05) is 6.07 Å². The Kier molecular flexibility index (Phi) is 1.96. The molecule has 0 saturated heterocycles. The first-order chi connectivity index (χ1) is 5.92. The number of pyridine rings is 1. The van der Waals surface area contributed by atoms with Crippen LogP contribution in [0.5, 0.6) is 5.88 Å². The van der Waals surface area contributed by atoms with E-state index in [1.54, 1.807) is 6.20 Å². The third-order valence-electron chi connectivity index (χ3n) is 2.17. The second-order valence-electron chi connectivity index (χ2n) is 2.91. The Morgan fingerprint density at radius 3 is 3.42 bits per heavy atom. The van der Waals surface area contributed by atoms with E-state index in [-0.39, 0.29) is 12.5 Å². The zero-order valence-corrected chi connectivity index (χ0v) is 6.73. The van der Waals surface area contributed by atoms with Gasteiger partial charge in [-0.2, -0.15) is 0 Å². The smallest absolute Gasteiger partial charge is 0.216 e. The molecule has 1 aliphatic rings. The van der Waals surface area contributed by atoms with Gasteiger partial charge in [-0.3, -0.25) is 0 Å². The van der Waals surface area contributed by atoms with Crippen molar-refractivity contribution in [2.75, 3.05) is 13.2 Å². The Balaban J connectivity index is 2.37. The second-order valence-corrected chi connectivity index (χ2v) is 2.91. The molecule has 64 valence electrons. The minimum Gasteiger partial charge on any atom is -0.477 e. The van der Waals surface area contributed by atoms with Crippen molar-refractivity contribution in [2.45, 2.75) is 12.3 Å². The Morgan fingerprint density at radius 1 is 1.67 bits per heavy atom. The van der Waals surface area contributed by atoms with Crippen LogP contribution in [0.15, 0.2) is 18.3 Å². The summed E-state index contributed by atoms with van der Waals surface area (Å²) >= 11 is 0. The van der Waals surface area contributed by atoms with Crippen molar-refractivity contribution in [1.29, 1.82) is 0 Å². The third-order valence-corrected chi connectivity index (χ3v) is 2.17. The number of rotatable bonds is 1. The van der Waals surface area contributed by atoms with Crippen molar-refractivity contribution < 1.29 is 9.84 Å². The van der Waals surface area contributed by atoms with Crippen LogP contribution in [0, 0.1) is 0 Å². The first-order valence-electron chi connectivity index (χ1n) is 4.10. The highest BCUT2D eigenvalue weighted by Crippen LogP contribution is 2.30. The first-order valence-corrected chi connectivity index (χ1v) is 4.10. The number of fused-ring (bicyclic) bond motifs is 1. The molecule has 0 aliphatic carbocycles. The largest absolute Gasteiger partial charge is 0.477 e. The van der Waals surface area contributed by atoms with Crippen LogP contribution in [0.2, 0.25) is 0 Å². The third kappa shape index (κ3) is 1.16. The number of hydrogen-bond donors (Lipinski definition) is 1. The van der Waals surface area contributed by atoms with Gasteiger partial charge in [0.25, 0.3) is 0 Å². The molecule has 1 aromatic rings. The number of aliphatic hydroxyl groups is 1. The van der Waals surface area contributed by atoms with Crippen molar-refractivity contribution in [3.8, 4) is 5.88 Å². The predicted octanol–water partition coefficient (Wildman–Crippen LogP) is 0.940. The summed E-state index contributed by atoms with van der Waals surface area (Å²) in [5.41, 5.74) is 1.03. The highest BCUT2D eigenvalue weighted by Gasteiger charge is 2.20. The summed E-state index contributed by atoms with van der Waals surface area (Å²) in [5, 5.41) is 9.05. The first kappa shape index (κ1) is 7.55. The van der Waals surface area contributed by atoms with E-state index >= 15 is 0 Å². The van der Waals surface area contributed by atoms with Gasteiger partial charge in [-0.25, -0.2) is 4.98 Å². The van der Waals surface area contributed by atoms with Gasteiger partial charge in [0.2, 0.25) is 5.88 Å². The normalized spacial score (nSPS) is 21.2. The molecule has 2 heterocycles. The van der Waals surface area contributed by atoms with Gasteiger partial charge < -0.3 is 9.84 Å². The monoisotopic (exact) mass is 165 g/mol. The molecular weight excluding hydrogens is 154 g/mol. The van der Waals surface area contributed by atoms with Gasteiger partial charge in [-0.05, 0) is 12.5 Å². The summed E-state index contributed by atoms with van der Waals surface area (Å²) in [6.45, 7) is 0.845. The summed E-state index contributed by atoms with van der Waals surface area (Å²) in [6, 6.07) is 3.83. The molecule has 2 rings (SSSR count). The van der Waals surface area contributed by atoms with Crippen molar-refractivity contribution in [2.24, 2.45) is 0 Å². The molecule has 0 saturated carbocycles. The zero-order chi connectivity index (χ0) is 8.39. The summed E-state index contributed by atoms with van der Waals surface area (Å²) in [5.74, 6) is 0.894. The van der Waals surface area contributed by atoms with Crippen LogP contribution in [0.1, 0.15) is 17.9 Å². The van der Waals surface area contributed by atoms with Crippen LogP contribution in [0.4, 0.5) is 0 Å². The van der Waals surface area contributed by atoms with Gasteiger partial charge in [-0.15, -0.1) is 0 Å². The maximum absolute atomic E-state index is 9.05. The SMILES string of the molecule is OCC1CCOc2ncccc21. The van der Waals surface area contributed by atoms with Gasteiger partial charge >= 0.3 is 0 Å². The molecular formula is C9H11NO2. The summed E-state index contributed by atoms with van der Waals surface area (Å²) in [6.07, 6.45) is 2.59. The van der Waals surface area contributed by atoms with Crippen LogP contribution in [0.3, 0.4) is 0 Å². The van der Waals surface area contributed by atoms with Crippen molar-refractivity contribution in [3.63, 3.8) is 0 Å². The molecule has 3 nitrogen and oxygen atoms in total. The number of aliphatic hydroxyl groups excluding tert-OH is 1. The molecule has 0 spiro atoms. The van der Waals surface area contributed by atoms with E-state index in [4.69, 9.17) is 9.84 Å². The highest BCUT2D eigenvalue weighted by molar-refractivity contribution is 5.31. The fourth-order valence-corrected chi connectivity index (χ4v) is 1.48. The fraction of sp³-hybridized carbons (Fsp3) is 0.444. The maximum atomic E-state index is 9.05. The van der Waals surface area contributed by atoms with Gasteiger partial charge in [0.1, 0.15) is 0 Å². The summed E-state index contributed by atoms with van der Waals surface area (Å²) in [4.78, 5) is 4.08. The highest BCUT2D eigenvalue weighted by atomic mass is 16.5. The quantitative estimate of drug-likeness (QED) is 0.673. The average molecular weight is 165 g/mol. The molecule has 3 heteroatoms. The zero-order valence-electron chi connectivity index (χ0n) is 6.73. The van der Waals surface area contributed by atoms with E-state index in [9.17, 15) is 0 Å². The van der Waals surface area contributed by atoms with Crippen molar-refractivity contribution in [1.82, 2.24) is 4.98 Å². The number of aromatic nitrogens is 1. The topological polar surface area (TPSA) is 42.4 Å². The molecule has 1 unspecified atom stereocenters. The van der Waals surface area contributed by atoms with Gasteiger partial charge in [0, 0.05) is 17.7 Å². The van der Waals surface area contributed by atoms with Crippen LogP contribution < -0.4 is 4.74 Å². The second kappa shape index (κ2) is 3.11. The molecule has 0 fully saturated rings. The number of hydrogen-bond acceptors (Lipinski definition) is 3. The van der Waals surface area contributed by atoms with Crippen LogP contribution in [0.25, 0.3) is 0 Å². The summed E-state index contributed by atoms with van der Waals surface area (Å²) < 4.78 is 5.33. The van der Waals surface area contributed by atoms with E-state index in [1.807, 2.05) is 12.1 Å². The minimum atomic E-state index is 0.183. The molecule has 0 aromatic carbocycles. The van der Waals surface area contributed by atoms with Crippen molar-refractivity contribution >= 4 is 0 Å². The number of nitrogens with zero attached hydrogens (tertiary/aromatic N) is 1. The molecule has 1 N–H and O–H groups in total. The minimum absolute atomic E-state index is 0.183. The lowest BCUT2D eigenvalue weighted by Crippen LogP contribution is -2.17. The van der Waals surface area contributed by atoms with E-state index in [0.29, 0.717) is 12.5 Å². The number of ether oxygens (including phenoxy) is 1. The van der Waals surface area contributed by atoms with Crippen molar-refractivity contribution in [3.05, 3.63) is 23.9 Å². The van der Waals surface area contributed by atoms with Gasteiger partial charge in [0.05, 0.1) is 13.2 Å². The Labute approximate surface area is 71.0 Å². The molecule has 0 radical (unpaired) electrons. The standard InChI is InChI=1S/C9H11NO2/c11-6-7-3-5-12-9-8(7)2-1-4-10-9/h1-2,4,7,11H,3,5-6H2. The average Bonchev–Trinajstić information content (AvgIpc) is 2.17. The molecule has 0 bridgehead atoms.